The van der Waals surface area contributed by atoms with Crippen molar-refractivity contribution in [2.24, 2.45) is 0 Å². The first-order chi connectivity index (χ1) is 10.2. The predicted molar refractivity (Wildman–Crippen MR) is 83.4 cm³/mol. The highest BCUT2D eigenvalue weighted by atomic mass is 16.3. The smallest absolute Gasteiger partial charge is 0.159 e. The van der Waals surface area contributed by atoms with Crippen molar-refractivity contribution in [3.05, 3.63) is 67.0 Å². The van der Waals surface area contributed by atoms with Gasteiger partial charge in [0.05, 0.1) is 5.52 Å². The number of benzene rings is 2. The number of hydrogen-bond donors (Lipinski definition) is 3. The molecule has 0 aliphatic heterocycles. The number of pyridine rings is 1. The maximum absolute atomic E-state index is 9.07. The highest BCUT2D eigenvalue weighted by molar-refractivity contribution is 5.82. The second-order valence-corrected chi connectivity index (χ2v) is 4.60. The zero-order valence-electron chi connectivity index (χ0n) is 11.2. The molecule has 4 nitrogen and oxygen atoms in total. The number of nitrogens with one attached hydrogen (secondary N) is 1. The summed E-state index contributed by atoms with van der Waals surface area (Å²) in [6.07, 6.45) is 3.56. The van der Waals surface area contributed by atoms with E-state index in [1.807, 2.05) is 36.5 Å². The third-order valence-corrected chi connectivity index (χ3v) is 3.16. The van der Waals surface area contributed by atoms with Crippen molar-refractivity contribution in [3.8, 4) is 11.5 Å². The van der Waals surface area contributed by atoms with Gasteiger partial charge in [-0.15, -0.1) is 0 Å². The summed E-state index contributed by atoms with van der Waals surface area (Å²) in [5, 5.41) is 20.2. The molecule has 0 atom stereocenters. The summed E-state index contributed by atoms with van der Waals surface area (Å²) < 4.78 is 0. The van der Waals surface area contributed by atoms with Gasteiger partial charge in [0.15, 0.2) is 11.5 Å². The maximum atomic E-state index is 9.07. The molecule has 104 valence electrons. The fraction of sp³-hybridized carbons (Fsp3) is 0. The number of aromatic hydroxyl groups is 2. The number of aromatic nitrogens is 2. The summed E-state index contributed by atoms with van der Waals surface area (Å²) in [7, 11) is 0. The lowest BCUT2D eigenvalue weighted by atomic mass is 10.2. The fourth-order valence-electron chi connectivity index (χ4n) is 2.09. The summed E-state index contributed by atoms with van der Waals surface area (Å²) in [6.45, 7) is 0. The molecular weight excluding hydrogens is 264 g/mol. The lowest BCUT2D eigenvalue weighted by molar-refractivity contribution is 0.405. The predicted octanol–water partition coefficient (Wildman–Crippen LogP) is 3.81. The average Bonchev–Trinajstić information content (AvgIpc) is 2.96. The van der Waals surface area contributed by atoms with Crippen LogP contribution in [0.15, 0.2) is 67.0 Å². The summed E-state index contributed by atoms with van der Waals surface area (Å²) in [5.41, 5.74) is 1.88. The Labute approximate surface area is 121 Å². The van der Waals surface area contributed by atoms with Crippen LogP contribution in [0.25, 0.3) is 21.8 Å². The highest BCUT2D eigenvalue weighted by Crippen LogP contribution is 2.28. The lowest BCUT2D eigenvalue weighted by Crippen LogP contribution is -1.73. The van der Waals surface area contributed by atoms with E-state index in [1.165, 1.54) is 17.5 Å². The largest absolute Gasteiger partial charge is 0.504 e. The molecule has 2 heterocycles. The summed E-state index contributed by atoms with van der Waals surface area (Å²) in [5.74, 6) is -0.183. The molecule has 4 aromatic rings. The van der Waals surface area contributed by atoms with Crippen LogP contribution in [0.1, 0.15) is 0 Å². The Morgan fingerprint density at radius 3 is 2.43 bits per heavy atom. The zero-order valence-corrected chi connectivity index (χ0v) is 11.2. The molecule has 0 radical (unpaired) electrons. The van der Waals surface area contributed by atoms with E-state index in [0.29, 0.717) is 0 Å². The Bertz CT molecular complexity index is 783. The van der Waals surface area contributed by atoms with E-state index in [-0.39, 0.29) is 11.5 Å². The minimum Gasteiger partial charge on any atom is -0.504 e. The van der Waals surface area contributed by atoms with Gasteiger partial charge in [-0.25, -0.2) is 0 Å². The van der Waals surface area contributed by atoms with Gasteiger partial charge in [-0.05, 0) is 24.3 Å². The first-order valence-electron chi connectivity index (χ1n) is 6.53. The van der Waals surface area contributed by atoms with Gasteiger partial charge in [0.2, 0.25) is 0 Å². The van der Waals surface area contributed by atoms with Gasteiger partial charge in [-0.3, -0.25) is 4.98 Å². The zero-order chi connectivity index (χ0) is 14.7. The molecule has 0 aliphatic rings. The molecule has 4 rings (SSSR count). The number of aromatic amines is 1. The Morgan fingerprint density at radius 1 is 0.810 bits per heavy atom. The molecule has 4 heteroatoms. The SMILES string of the molecule is Oc1cc2cc[nH]c2cc1O.c1ccc2ncccc2c1. The Balaban J connectivity index is 0.000000126. The van der Waals surface area contributed by atoms with E-state index in [2.05, 4.69) is 22.1 Å². The molecule has 0 saturated heterocycles. The van der Waals surface area contributed by atoms with Gasteiger partial charge in [0.1, 0.15) is 0 Å². The van der Waals surface area contributed by atoms with Crippen LogP contribution in [-0.4, -0.2) is 20.2 Å². The second kappa shape index (κ2) is 5.54. The Morgan fingerprint density at radius 2 is 1.57 bits per heavy atom. The number of phenols is 2. The quantitative estimate of drug-likeness (QED) is 0.428. The van der Waals surface area contributed by atoms with E-state index in [9.17, 15) is 0 Å². The molecule has 0 unspecified atom stereocenters. The summed E-state index contributed by atoms with van der Waals surface area (Å²) >= 11 is 0. The van der Waals surface area contributed by atoms with Crippen LogP contribution in [0.4, 0.5) is 0 Å². The van der Waals surface area contributed by atoms with Crippen molar-refractivity contribution in [2.75, 3.05) is 0 Å². The first kappa shape index (κ1) is 13.0. The van der Waals surface area contributed by atoms with E-state index in [0.717, 1.165) is 16.4 Å². The van der Waals surface area contributed by atoms with E-state index < -0.39 is 0 Å². The molecular formula is C17H14N2O2. The molecule has 2 aromatic carbocycles. The normalized spacial score (nSPS) is 10.3. The van der Waals surface area contributed by atoms with Gasteiger partial charge in [-0.1, -0.05) is 24.3 Å². The summed E-state index contributed by atoms with van der Waals surface area (Å²) in [4.78, 5) is 7.10. The van der Waals surface area contributed by atoms with Gasteiger partial charge in [-0.2, -0.15) is 0 Å². The third kappa shape index (κ3) is 2.79. The standard InChI is InChI=1S/C9H7N.C8H7NO2/c1-2-6-9-8(4-1)5-3-7-10-9;10-7-3-5-1-2-9-6(5)4-8(7)11/h1-7H;1-4,9-11H. The monoisotopic (exact) mass is 278 g/mol. The number of rotatable bonds is 0. The minimum absolute atomic E-state index is 0.0860. The topological polar surface area (TPSA) is 69.1 Å². The second-order valence-electron chi connectivity index (χ2n) is 4.60. The van der Waals surface area contributed by atoms with Crippen molar-refractivity contribution < 1.29 is 10.2 Å². The fourth-order valence-corrected chi connectivity index (χ4v) is 2.09. The van der Waals surface area contributed by atoms with Crippen molar-refractivity contribution >= 4 is 21.8 Å². The number of hydrogen-bond acceptors (Lipinski definition) is 3. The number of phenolic OH excluding ortho intramolecular Hbond substituents is 2. The molecule has 0 saturated carbocycles. The van der Waals surface area contributed by atoms with Crippen molar-refractivity contribution in [1.82, 2.24) is 9.97 Å². The average molecular weight is 278 g/mol. The van der Waals surface area contributed by atoms with Crippen LogP contribution < -0.4 is 0 Å². The van der Waals surface area contributed by atoms with E-state index in [4.69, 9.17) is 10.2 Å². The number of fused-ring (bicyclic) bond motifs is 2. The van der Waals surface area contributed by atoms with Gasteiger partial charge < -0.3 is 15.2 Å². The van der Waals surface area contributed by atoms with Crippen LogP contribution in [-0.2, 0) is 0 Å². The van der Waals surface area contributed by atoms with Crippen LogP contribution >= 0.6 is 0 Å². The Kier molecular flexibility index (Phi) is 3.43. The molecule has 0 fully saturated rings. The van der Waals surface area contributed by atoms with Crippen LogP contribution in [0.5, 0.6) is 11.5 Å². The van der Waals surface area contributed by atoms with Crippen LogP contribution in [0.3, 0.4) is 0 Å². The Hall–Kier alpha value is -3.01. The molecule has 0 amide bonds. The molecule has 3 N–H and O–H groups in total. The van der Waals surface area contributed by atoms with E-state index >= 15 is 0 Å². The van der Waals surface area contributed by atoms with Crippen molar-refractivity contribution in [3.63, 3.8) is 0 Å². The minimum atomic E-state index is -0.0973. The molecule has 2 aromatic heterocycles. The number of para-hydroxylation sites is 1. The first-order valence-corrected chi connectivity index (χ1v) is 6.53. The van der Waals surface area contributed by atoms with Crippen LogP contribution in [0.2, 0.25) is 0 Å². The number of H-pyrrole nitrogens is 1. The summed E-state index contributed by atoms with van der Waals surface area (Å²) in [6, 6.07) is 16.9. The third-order valence-electron chi connectivity index (χ3n) is 3.16. The van der Waals surface area contributed by atoms with Gasteiger partial charge in [0, 0.05) is 34.7 Å². The molecule has 0 spiro atoms. The lowest BCUT2D eigenvalue weighted by Gasteiger charge is -1.95. The molecule has 21 heavy (non-hydrogen) atoms. The van der Waals surface area contributed by atoms with Crippen molar-refractivity contribution in [2.45, 2.75) is 0 Å². The van der Waals surface area contributed by atoms with Crippen LogP contribution in [0, 0.1) is 0 Å². The highest BCUT2D eigenvalue weighted by Gasteiger charge is 2.01. The molecule has 0 bridgehead atoms. The van der Waals surface area contributed by atoms with Gasteiger partial charge in [0.25, 0.3) is 0 Å². The number of nitrogens with zero attached hydrogens (tertiary/aromatic N) is 1. The molecule has 0 aliphatic carbocycles. The maximum Gasteiger partial charge on any atom is 0.159 e. The van der Waals surface area contributed by atoms with E-state index in [1.54, 1.807) is 6.20 Å². The van der Waals surface area contributed by atoms with Gasteiger partial charge >= 0.3 is 0 Å². The van der Waals surface area contributed by atoms with Crippen molar-refractivity contribution in [1.29, 1.82) is 0 Å².